The second kappa shape index (κ2) is 9.05. The van der Waals surface area contributed by atoms with E-state index in [-0.39, 0.29) is 5.91 Å². The van der Waals surface area contributed by atoms with E-state index >= 15 is 0 Å². The number of amides is 1. The first kappa shape index (κ1) is 19.4. The molecule has 0 aliphatic carbocycles. The Labute approximate surface area is 174 Å². The van der Waals surface area contributed by atoms with Crippen LogP contribution in [0.3, 0.4) is 0 Å². The van der Waals surface area contributed by atoms with Gasteiger partial charge in [0.05, 0.1) is 24.0 Å². The van der Waals surface area contributed by atoms with Gasteiger partial charge in [-0.3, -0.25) is 14.8 Å². The number of benzene rings is 2. The minimum Gasteiger partial charge on any atom is -0.490 e. The third kappa shape index (κ3) is 4.55. The van der Waals surface area contributed by atoms with Gasteiger partial charge in [0, 0.05) is 23.3 Å². The first-order chi connectivity index (χ1) is 14.7. The lowest BCUT2D eigenvalue weighted by molar-refractivity contribution is 0.102. The number of hydrogen-bond acceptors (Lipinski definition) is 5. The van der Waals surface area contributed by atoms with Crippen molar-refractivity contribution in [3.63, 3.8) is 0 Å². The van der Waals surface area contributed by atoms with Crippen molar-refractivity contribution in [2.24, 2.45) is 0 Å². The zero-order valence-corrected chi connectivity index (χ0v) is 16.5. The molecule has 6 heteroatoms. The number of anilines is 1. The lowest BCUT2D eigenvalue weighted by Crippen LogP contribution is -2.12. The Kier molecular flexibility index (Phi) is 5.85. The number of ether oxygens (including phenoxy) is 2. The zero-order chi connectivity index (χ0) is 20.8. The Morgan fingerprint density at radius 3 is 2.63 bits per heavy atom. The third-order valence-electron chi connectivity index (χ3n) is 4.50. The van der Waals surface area contributed by atoms with Crippen molar-refractivity contribution in [1.29, 1.82) is 0 Å². The Morgan fingerprint density at radius 2 is 1.80 bits per heavy atom. The molecular weight excluding hydrogens is 378 g/mol. The molecule has 1 N–H and O–H groups in total. The molecule has 0 atom stereocenters. The predicted octanol–water partition coefficient (Wildman–Crippen LogP) is 4.86. The molecule has 0 spiro atoms. The minimum atomic E-state index is -0.242. The van der Waals surface area contributed by atoms with Gasteiger partial charge in [0.2, 0.25) is 0 Å². The molecule has 4 rings (SSSR count). The lowest BCUT2D eigenvalue weighted by Gasteiger charge is -2.13. The molecule has 0 fully saturated rings. The van der Waals surface area contributed by atoms with Gasteiger partial charge < -0.3 is 14.8 Å². The van der Waals surface area contributed by atoms with Gasteiger partial charge in [-0.1, -0.05) is 18.2 Å². The van der Waals surface area contributed by atoms with Gasteiger partial charge in [0.1, 0.15) is 6.61 Å². The average Bonchev–Trinajstić information content (AvgIpc) is 2.79. The second-order valence-electron chi connectivity index (χ2n) is 6.61. The summed E-state index contributed by atoms with van der Waals surface area (Å²) in [4.78, 5) is 21.1. The summed E-state index contributed by atoms with van der Waals surface area (Å²) in [5, 5.41) is 3.86. The Balaban J connectivity index is 1.51. The summed E-state index contributed by atoms with van der Waals surface area (Å²) in [6, 6.07) is 18.6. The Morgan fingerprint density at radius 1 is 0.967 bits per heavy atom. The molecule has 0 unspecified atom stereocenters. The first-order valence-electron chi connectivity index (χ1n) is 9.67. The first-order valence-corrected chi connectivity index (χ1v) is 9.67. The monoisotopic (exact) mass is 399 g/mol. The molecule has 2 aromatic heterocycles. The summed E-state index contributed by atoms with van der Waals surface area (Å²) in [6.07, 6.45) is 5.09. The summed E-state index contributed by atoms with van der Waals surface area (Å²) in [5.74, 6) is 0.863. The number of fused-ring (bicyclic) bond motifs is 1. The van der Waals surface area contributed by atoms with E-state index in [4.69, 9.17) is 9.47 Å². The number of nitrogens with one attached hydrogen (secondary N) is 1. The van der Waals surface area contributed by atoms with Crippen molar-refractivity contribution in [2.45, 2.75) is 13.5 Å². The van der Waals surface area contributed by atoms with Crippen molar-refractivity contribution in [2.75, 3.05) is 11.9 Å². The van der Waals surface area contributed by atoms with Crippen molar-refractivity contribution >= 4 is 22.5 Å². The van der Waals surface area contributed by atoms with Gasteiger partial charge in [-0.25, -0.2) is 0 Å². The van der Waals surface area contributed by atoms with E-state index in [0.29, 0.717) is 36.0 Å². The van der Waals surface area contributed by atoms with Crippen LogP contribution in [0.15, 0.2) is 79.3 Å². The zero-order valence-electron chi connectivity index (χ0n) is 16.5. The van der Waals surface area contributed by atoms with E-state index < -0.39 is 0 Å². The molecule has 6 nitrogen and oxygen atoms in total. The van der Waals surface area contributed by atoms with E-state index in [1.165, 1.54) is 0 Å². The van der Waals surface area contributed by atoms with E-state index in [9.17, 15) is 4.79 Å². The Bertz CT molecular complexity index is 1160. The van der Waals surface area contributed by atoms with E-state index in [1.54, 1.807) is 36.8 Å². The largest absolute Gasteiger partial charge is 0.490 e. The highest BCUT2D eigenvalue weighted by atomic mass is 16.5. The topological polar surface area (TPSA) is 73.3 Å². The molecule has 0 radical (unpaired) electrons. The third-order valence-corrected chi connectivity index (χ3v) is 4.50. The van der Waals surface area contributed by atoms with E-state index in [2.05, 4.69) is 15.3 Å². The summed E-state index contributed by atoms with van der Waals surface area (Å²) in [5.41, 5.74) is 2.99. The highest BCUT2D eigenvalue weighted by Gasteiger charge is 2.13. The van der Waals surface area contributed by atoms with Crippen LogP contribution < -0.4 is 14.8 Å². The van der Waals surface area contributed by atoms with Crippen molar-refractivity contribution in [3.8, 4) is 11.5 Å². The van der Waals surface area contributed by atoms with Crippen LogP contribution in [-0.4, -0.2) is 22.5 Å². The summed E-state index contributed by atoms with van der Waals surface area (Å²) < 4.78 is 11.6. The molecule has 0 bridgehead atoms. The molecule has 4 aromatic rings. The minimum absolute atomic E-state index is 0.242. The summed E-state index contributed by atoms with van der Waals surface area (Å²) in [6.45, 7) is 2.74. The van der Waals surface area contributed by atoms with E-state index in [0.717, 1.165) is 16.5 Å². The van der Waals surface area contributed by atoms with Crippen LogP contribution in [-0.2, 0) is 6.61 Å². The van der Waals surface area contributed by atoms with E-state index in [1.807, 2.05) is 49.4 Å². The Hall–Kier alpha value is -3.93. The lowest BCUT2D eigenvalue weighted by atomic mass is 10.1. The number of para-hydroxylation sites is 1. The average molecular weight is 399 g/mol. The molecule has 0 saturated carbocycles. The predicted molar refractivity (Wildman–Crippen MR) is 116 cm³/mol. The number of hydrogen-bond donors (Lipinski definition) is 1. The van der Waals surface area contributed by atoms with Crippen LogP contribution in [0.25, 0.3) is 10.9 Å². The van der Waals surface area contributed by atoms with Crippen molar-refractivity contribution in [1.82, 2.24) is 9.97 Å². The highest BCUT2D eigenvalue weighted by Crippen LogP contribution is 2.30. The maximum atomic E-state index is 12.8. The molecule has 0 aliphatic heterocycles. The van der Waals surface area contributed by atoms with Crippen LogP contribution in [0.2, 0.25) is 0 Å². The molecule has 2 heterocycles. The normalized spacial score (nSPS) is 10.6. The van der Waals surface area contributed by atoms with Crippen LogP contribution in [0.1, 0.15) is 22.8 Å². The summed E-state index contributed by atoms with van der Waals surface area (Å²) >= 11 is 0. The van der Waals surface area contributed by atoms with Crippen molar-refractivity contribution in [3.05, 3.63) is 90.4 Å². The SMILES string of the molecule is CCOc1cc(C(=O)Nc2cnc3ccccc3c2)ccc1OCc1ccncc1. The molecular formula is C24H21N3O3. The fourth-order valence-electron chi connectivity index (χ4n) is 3.02. The smallest absolute Gasteiger partial charge is 0.255 e. The number of carbonyl (C=O) groups excluding carboxylic acids is 1. The quantitative estimate of drug-likeness (QED) is 0.480. The molecule has 150 valence electrons. The maximum absolute atomic E-state index is 12.8. The van der Waals surface area contributed by atoms with Crippen LogP contribution in [0, 0.1) is 0 Å². The van der Waals surface area contributed by atoms with Crippen LogP contribution in [0.4, 0.5) is 5.69 Å². The van der Waals surface area contributed by atoms with Gasteiger partial charge in [0.15, 0.2) is 11.5 Å². The fourth-order valence-corrected chi connectivity index (χ4v) is 3.02. The van der Waals surface area contributed by atoms with Gasteiger partial charge in [-0.2, -0.15) is 0 Å². The van der Waals surface area contributed by atoms with Gasteiger partial charge in [0.25, 0.3) is 5.91 Å². The van der Waals surface area contributed by atoms with Gasteiger partial charge >= 0.3 is 0 Å². The second-order valence-corrected chi connectivity index (χ2v) is 6.61. The van der Waals surface area contributed by atoms with Gasteiger partial charge in [-0.15, -0.1) is 0 Å². The molecule has 30 heavy (non-hydrogen) atoms. The number of aromatic nitrogens is 2. The van der Waals surface area contributed by atoms with Crippen LogP contribution in [0.5, 0.6) is 11.5 Å². The molecule has 0 aliphatic rings. The number of nitrogens with zero attached hydrogens (tertiary/aromatic N) is 2. The number of carbonyl (C=O) groups is 1. The molecule has 1 amide bonds. The maximum Gasteiger partial charge on any atom is 0.255 e. The number of rotatable bonds is 7. The summed E-state index contributed by atoms with van der Waals surface area (Å²) in [7, 11) is 0. The van der Waals surface area contributed by atoms with Crippen LogP contribution >= 0.6 is 0 Å². The van der Waals surface area contributed by atoms with Crippen molar-refractivity contribution < 1.29 is 14.3 Å². The van der Waals surface area contributed by atoms with Gasteiger partial charge in [-0.05, 0) is 55.0 Å². The molecule has 2 aromatic carbocycles. The number of pyridine rings is 2. The highest BCUT2D eigenvalue weighted by molar-refractivity contribution is 6.05. The standard InChI is InChI=1S/C24H21N3O3/c1-2-29-23-14-19(7-8-22(23)30-16-17-9-11-25-12-10-17)24(28)27-20-13-18-5-3-4-6-21(18)26-15-20/h3-15H,2,16H2,1H3,(H,27,28). The molecule has 0 saturated heterocycles. The fraction of sp³-hybridized carbons (Fsp3) is 0.125.